The Balaban J connectivity index is 2.38. The van der Waals surface area contributed by atoms with Crippen LogP contribution in [0.25, 0.3) is 0 Å². The Morgan fingerprint density at radius 3 is 2.58 bits per heavy atom. The highest BCUT2D eigenvalue weighted by atomic mass is 16.5. The van der Waals surface area contributed by atoms with Crippen LogP contribution < -0.4 is 5.73 Å². The predicted octanol–water partition coefficient (Wildman–Crippen LogP) is 1.93. The lowest BCUT2D eigenvalue weighted by molar-refractivity contribution is -0.0330. The molecule has 0 heterocycles. The van der Waals surface area contributed by atoms with Crippen molar-refractivity contribution in [2.75, 3.05) is 0 Å². The summed E-state index contributed by atoms with van der Waals surface area (Å²) in [4.78, 5) is 0. The summed E-state index contributed by atoms with van der Waals surface area (Å²) in [7, 11) is 0. The van der Waals surface area contributed by atoms with Gasteiger partial charge in [-0.15, -0.1) is 0 Å². The van der Waals surface area contributed by atoms with Crippen LogP contribution in [0.15, 0.2) is 0 Å². The van der Waals surface area contributed by atoms with E-state index in [1.54, 1.807) is 0 Å². The van der Waals surface area contributed by atoms with E-state index < -0.39 is 0 Å². The van der Waals surface area contributed by atoms with E-state index in [0.29, 0.717) is 12.2 Å². The molecular weight excluding hydrogens is 150 g/mol. The summed E-state index contributed by atoms with van der Waals surface area (Å²) in [5, 5.41) is 0. The Morgan fingerprint density at radius 1 is 1.33 bits per heavy atom. The van der Waals surface area contributed by atoms with Gasteiger partial charge in [-0.25, -0.2) is 0 Å². The molecule has 72 valence electrons. The number of hydrogen-bond donors (Lipinski definition) is 1. The minimum atomic E-state index is 0.267. The van der Waals surface area contributed by atoms with Crippen molar-refractivity contribution >= 4 is 0 Å². The fourth-order valence-electron chi connectivity index (χ4n) is 1.86. The average molecular weight is 171 g/mol. The van der Waals surface area contributed by atoms with Gasteiger partial charge in [0.2, 0.25) is 0 Å². The van der Waals surface area contributed by atoms with Crippen molar-refractivity contribution in [2.24, 2.45) is 11.7 Å². The summed E-state index contributed by atoms with van der Waals surface area (Å²) in [5.41, 5.74) is 5.96. The quantitative estimate of drug-likeness (QED) is 0.689. The topological polar surface area (TPSA) is 35.2 Å². The first-order valence-corrected chi connectivity index (χ1v) is 5.00. The van der Waals surface area contributed by atoms with Gasteiger partial charge in [-0.1, -0.05) is 6.92 Å². The molecule has 2 heteroatoms. The van der Waals surface area contributed by atoms with Crippen molar-refractivity contribution in [1.82, 2.24) is 0 Å². The lowest BCUT2D eigenvalue weighted by Crippen LogP contribution is -2.42. The first-order chi connectivity index (χ1) is 5.59. The molecule has 1 rings (SSSR count). The Labute approximate surface area is 75.5 Å². The van der Waals surface area contributed by atoms with Gasteiger partial charge in [-0.05, 0) is 39.0 Å². The van der Waals surface area contributed by atoms with Gasteiger partial charge in [-0.3, -0.25) is 0 Å². The van der Waals surface area contributed by atoms with Crippen LogP contribution in [-0.2, 0) is 4.74 Å². The molecule has 0 aromatic carbocycles. The molecule has 0 aromatic rings. The van der Waals surface area contributed by atoms with Crippen LogP contribution in [0.1, 0.15) is 40.0 Å². The maximum absolute atomic E-state index is 5.96. The number of ether oxygens (including phenoxy) is 1. The van der Waals surface area contributed by atoms with Crippen LogP contribution in [0, 0.1) is 5.92 Å². The van der Waals surface area contributed by atoms with Gasteiger partial charge in [0.05, 0.1) is 12.2 Å². The van der Waals surface area contributed by atoms with E-state index in [2.05, 4.69) is 20.8 Å². The van der Waals surface area contributed by atoms with Crippen LogP contribution in [-0.4, -0.2) is 18.2 Å². The normalized spacial score (nSPS) is 37.2. The fourth-order valence-corrected chi connectivity index (χ4v) is 1.86. The molecule has 0 aromatic heterocycles. The molecule has 0 bridgehead atoms. The highest BCUT2D eigenvalue weighted by Gasteiger charge is 2.26. The molecule has 3 atom stereocenters. The minimum Gasteiger partial charge on any atom is -0.374 e. The van der Waals surface area contributed by atoms with E-state index in [-0.39, 0.29) is 6.04 Å². The second-order valence-corrected chi connectivity index (χ2v) is 4.31. The largest absolute Gasteiger partial charge is 0.374 e. The third kappa shape index (κ3) is 2.76. The molecule has 12 heavy (non-hydrogen) atoms. The van der Waals surface area contributed by atoms with Crippen LogP contribution in [0.5, 0.6) is 0 Å². The summed E-state index contributed by atoms with van der Waals surface area (Å²) in [5.74, 6) is 0.786. The van der Waals surface area contributed by atoms with Crippen LogP contribution in [0.2, 0.25) is 0 Å². The van der Waals surface area contributed by atoms with E-state index in [1.807, 2.05) is 0 Å². The molecule has 1 aliphatic carbocycles. The van der Waals surface area contributed by atoms with Crippen molar-refractivity contribution < 1.29 is 4.74 Å². The third-order valence-electron chi connectivity index (χ3n) is 2.55. The second-order valence-electron chi connectivity index (χ2n) is 4.31. The summed E-state index contributed by atoms with van der Waals surface area (Å²) in [6.07, 6.45) is 4.14. The van der Waals surface area contributed by atoms with E-state index in [4.69, 9.17) is 10.5 Å². The molecule has 3 unspecified atom stereocenters. The van der Waals surface area contributed by atoms with Gasteiger partial charge < -0.3 is 10.5 Å². The predicted molar refractivity (Wildman–Crippen MR) is 51.0 cm³/mol. The summed E-state index contributed by atoms with van der Waals surface area (Å²) in [6, 6.07) is 0.267. The second kappa shape index (κ2) is 4.24. The Bertz CT molecular complexity index is 134. The first kappa shape index (κ1) is 10.0. The zero-order chi connectivity index (χ0) is 9.14. The molecule has 1 saturated carbocycles. The molecule has 2 nitrogen and oxygen atoms in total. The van der Waals surface area contributed by atoms with Gasteiger partial charge in [-0.2, -0.15) is 0 Å². The number of rotatable bonds is 2. The maximum Gasteiger partial charge on any atom is 0.0731 e. The molecule has 2 N–H and O–H groups in total. The zero-order valence-electron chi connectivity index (χ0n) is 8.42. The third-order valence-corrected chi connectivity index (χ3v) is 2.55. The SMILES string of the molecule is CC1CCC(N)C(OC(C)C)C1. The molecule has 0 amide bonds. The van der Waals surface area contributed by atoms with Crippen LogP contribution >= 0.6 is 0 Å². The Morgan fingerprint density at radius 2 is 2.00 bits per heavy atom. The minimum absolute atomic E-state index is 0.267. The fraction of sp³-hybridized carbons (Fsp3) is 1.00. The molecular formula is C10H21NO. The van der Waals surface area contributed by atoms with Gasteiger partial charge in [0.1, 0.15) is 0 Å². The summed E-state index contributed by atoms with van der Waals surface area (Å²) in [6.45, 7) is 6.43. The zero-order valence-corrected chi connectivity index (χ0v) is 8.42. The highest BCUT2D eigenvalue weighted by Crippen LogP contribution is 2.25. The Hall–Kier alpha value is -0.0800. The number of nitrogens with two attached hydrogens (primary N) is 1. The van der Waals surface area contributed by atoms with Crippen molar-refractivity contribution in [3.8, 4) is 0 Å². The molecule has 0 saturated heterocycles. The van der Waals surface area contributed by atoms with E-state index in [9.17, 15) is 0 Å². The first-order valence-electron chi connectivity index (χ1n) is 5.00. The molecule has 1 fully saturated rings. The summed E-state index contributed by atoms with van der Waals surface area (Å²) >= 11 is 0. The van der Waals surface area contributed by atoms with Gasteiger partial charge in [0.25, 0.3) is 0 Å². The molecule has 0 aliphatic heterocycles. The molecule has 0 radical (unpaired) electrons. The van der Waals surface area contributed by atoms with Crippen molar-refractivity contribution in [1.29, 1.82) is 0 Å². The van der Waals surface area contributed by atoms with E-state index in [1.165, 1.54) is 6.42 Å². The van der Waals surface area contributed by atoms with E-state index >= 15 is 0 Å². The van der Waals surface area contributed by atoms with Crippen molar-refractivity contribution in [3.63, 3.8) is 0 Å². The van der Waals surface area contributed by atoms with Crippen LogP contribution in [0.3, 0.4) is 0 Å². The lowest BCUT2D eigenvalue weighted by Gasteiger charge is -2.33. The van der Waals surface area contributed by atoms with Crippen molar-refractivity contribution in [2.45, 2.75) is 58.3 Å². The lowest BCUT2D eigenvalue weighted by atomic mass is 9.85. The maximum atomic E-state index is 5.96. The monoisotopic (exact) mass is 171 g/mol. The Kier molecular flexibility index (Phi) is 3.53. The summed E-state index contributed by atoms with van der Waals surface area (Å²) < 4.78 is 5.75. The van der Waals surface area contributed by atoms with Crippen molar-refractivity contribution in [3.05, 3.63) is 0 Å². The smallest absolute Gasteiger partial charge is 0.0731 e. The van der Waals surface area contributed by atoms with Crippen LogP contribution in [0.4, 0.5) is 0 Å². The molecule has 0 spiro atoms. The standard InChI is InChI=1S/C10H21NO/c1-7(2)12-10-6-8(3)4-5-9(10)11/h7-10H,4-6,11H2,1-3H3. The van der Waals surface area contributed by atoms with Gasteiger partial charge in [0, 0.05) is 6.04 Å². The van der Waals surface area contributed by atoms with Gasteiger partial charge >= 0.3 is 0 Å². The van der Waals surface area contributed by atoms with E-state index in [0.717, 1.165) is 18.8 Å². The molecule has 1 aliphatic rings. The van der Waals surface area contributed by atoms with Gasteiger partial charge in [0.15, 0.2) is 0 Å². The average Bonchev–Trinajstić information content (AvgIpc) is 1.96. The number of hydrogen-bond acceptors (Lipinski definition) is 2. The highest BCUT2D eigenvalue weighted by molar-refractivity contribution is 4.82.